The summed E-state index contributed by atoms with van der Waals surface area (Å²) in [6.07, 6.45) is 5.91. The van der Waals surface area contributed by atoms with Crippen LogP contribution in [0.5, 0.6) is 0 Å². The van der Waals surface area contributed by atoms with Crippen LogP contribution in [-0.2, 0) is 12.8 Å². The van der Waals surface area contributed by atoms with Gasteiger partial charge in [0.15, 0.2) is 5.69 Å². The summed E-state index contributed by atoms with van der Waals surface area (Å²) >= 11 is 0. The van der Waals surface area contributed by atoms with Crippen molar-refractivity contribution in [2.24, 2.45) is 0 Å². The SMILES string of the molecule is O=C(NCC1(O)CCCC1)c1nn(-c2ccccc2F)c2c1CCC2. The maximum Gasteiger partial charge on any atom is 0.272 e. The van der Waals surface area contributed by atoms with Crippen molar-refractivity contribution in [1.29, 1.82) is 0 Å². The lowest BCUT2D eigenvalue weighted by molar-refractivity contribution is 0.0448. The Bertz CT molecular complexity index is 809. The normalized spacial score (nSPS) is 18.3. The van der Waals surface area contributed by atoms with Crippen molar-refractivity contribution in [1.82, 2.24) is 15.1 Å². The molecule has 0 aliphatic heterocycles. The van der Waals surface area contributed by atoms with Crippen molar-refractivity contribution in [2.75, 3.05) is 6.54 Å². The lowest BCUT2D eigenvalue weighted by Gasteiger charge is -2.22. The first-order chi connectivity index (χ1) is 12.1. The van der Waals surface area contributed by atoms with Gasteiger partial charge in [0, 0.05) is 17.8 Å². The van der Waals surface area contributed by atoms with E-state index in [0.29, 0.717) is 11.4 Å². The van der Waals surface area contributed by atoms with E-state index in [2.05, 4.69) is 10.4 Å². The Morgan fingerprint density at radius 2 is 2.00 bits per heavy atom. The summed E-state index contributed by atoms with van der Waals surface area (Å²) in [7, 11) is 0. The van der Waals surface area contributed by atoms with Crippen LogP contribution >= 0.6 is 0 Å². The summed E-state index contributed by atoms with van der Waals surface area (Å²) in [5, 5.41) is 17.7. The fraction of sp³-hybridized carbons (Fsp3) is 0.474. The van der Waals surface area contributed by atoms with Gasteiger partial charge in [0.25, 0.3) is 5.91 Å². The summed E-state index contributed by atoms with van der Waals surface area (Å²) in [6.45, 7) is 0.243. The Labute approximate surface area is 145 Å². The van der Waals surface area contributed by atoms with Crippen LogP contribution in [0.15, 0.2) is 24.3 Å². The molecule has 4 rings (SSSR count). The van der Waals surface area contributed by atoms with E-state index in [0.717, 1.165) is 56.2 Å². The Balaban J connectivity index is 1.61. The van der Waals surface area contributed by atoms with Crippen molar-refractivity contribution >= 4 is 5.91 Å². The Morgan fingerprint density at radius 3 is 2.76 bits per heavy atom. The molecule has 1 saturated carbocycles. The maximum atomic E-state index is 14.2. The molecule has 2 N–H and O–H groups in total. The molecule has 1 amide bonds. The van der Waals surface area contributed by atoms with E-state index in [1.165, 1.54) is 6.07 Å². The highest BCUT2D eigenvalue weighted by Gasteiger charge is 2.33. The third-order valence-corrected chi connectivity index (χ3v) is 5.34. The van der Waals surface area contributed by atoms with Crippen molar-refractivity contribution in [3.8, 4) is 5.69 Å². The van der Waals surface area contributed by atoms with Crippen molar-refractivity contribution < 1.29 is 14.3 Å². The Kier molecular flexibility index (Phi) is 4.07. The van der Waals surface area contributed by atoms with Crippen LogP contribution in [0.25, 0.3) is 5.69 Å². The lowest BCUT2D eigenvalue weighted by atomic mass is 10.0. The zero-order chi connectivity index (χ0) is 17.4. The molecule has 2 aliphatic carbocycles. The van der Waals surface area contributed by atoms with E-state index >= 15 is 0 Å². The van der Waals surface area contributed by atoms with Crippen molar-refractivity contribution in [3.63, 3.8) is 0 Å². The first-order valence-corrected chi connectivity index (χ1v) is 8.94. The fourth-order valence-corrected chi connectivity index (χ4v) is 3.98. The average molecular weight is 343 g/mol. The molecule has 0 saturated heterocycles. The predicted octanol–water partition coefficient (Wildman–Crippen LogP) is 2.54. The molecule has 1 heterocycles. The molecule has 5 nitrogen and oxygen atoms in total. The van der Waals surface area contributed by atoms with Gasteiger partial charge in [-0.05, 0) is 44.2 Å². The number of halogens is 1. The molecular formula is C19H22FN3O2. The van der Waals surface area contributed by atoms with Crippen LogP contribution in [0.3, 0.4) is 0 Å². The molecule has 25 heavy (non-hydrogen) atoms. The van der Waals surface area contributed by atoms with E-state index in [4.69, 9.17) is 0 Å². The number of fused-ring (bicyclic) bond motifs is 1. The molecule has 2 aromatic rings. The molecule has 0 atom stereocenters. The molecule has 6 heteroatoms. The second-order valence-electron chi connectivity index (χ2n) is 7.10. The Morgan fingerprint density at radius 1 is 1.24 bits per heavy atom. The predicted molar refractivity (Wildman–Crippen MR) is 91.3 cm³/mol. The van der Waals surface area contributed by atoms with Crippen LogP contribution in [0.2, 0.25) is 0 Å². The summed E-state index contributed by atoms with van der Waals surface area (Å²) in [4.78, 5) is 12.6. The van der Waals surface area contributed by atoms with Crippen LogP contribution in [0.1, 0.15) is 53.8 Å². The molecule has 0 bridgehead atoms. The smallest absolute Gasteiger partial charge is 0.272 e. The van der Waals surface area contributed by atoms with Gasteiger partial charge in [0.2, 0.25) is 0 Å². The Hall–Kier alpha value is -2.21. The summed E-state index contributed by atoms with van der Waals surface area (Å²) in [5.74, 6) is -0.638. The minimum atomic E-state index is -0.799. The van der Waals surface area contributed by atoms with Crippen LogP contribution in [-0.4, -0.2) is 32.9 Å². The van der Waals surface area contributed by atoms with Gasteiger partial charge < -0.3 is 10.4 Å². The van der Waals surface area contributed by atoms with Crippen LogP contribution in [0.4, 0.5) is 4.39 Å². The number of rotatable bonds is 4. The monoisotopic (exact) mass is 343 g/mol. The van der Waals surface area contributed by atoms with E-state index in [1.807, 2.05) is 0 Å². The first kappa shape index (κ1) is 16.3. The molecule has 132 valence electrons. The first-order valence-electron chi connectivity index (χ1n) is 8.94. The number of hydrogen-bond donors (Lipinski definition) is 2. The highest BCUT2D eigenvalue weighted by Crippen LogP contribution is 2.30. The van der Waals surface area contributed by atoms with E-state index in [9.17, 15) is 14.3 Å². The minimum absolute atomic E-state index is 0.243. The number of nitrogens with one attached hydrogen (secondary N) is 1. The molecule has 1 aromatic carbocycles. The number of nitrogens with zero attached hydrogens (tertiary/aromatic N) is 2. The molecular weight excluding hydrogens is 321 g/mol. The van der Waals surface area contributed by atoms with Gasteiger partial charge in [-0.1, -0.05) is 25.0 Å². The van der Waals surface area contributed by atoms with Gasteiger partial charge in [0.05, 0.1) is 5.60 Å². The molecule has 0 unspecified atom stereocenters. The summed E-state index contributed by atoms with van der Waals surface area (Å²) in [5.41, 5.74) is 1.74. The zero-order valence-corrected chi connectivity index (χ0v) is 14.1. The number of amides is 1. The number of carbonyl (C=O) groups is 1. The quantitative estimate of drug-likeness (QED) is 0.896. The molecule has 1 aromatic heterocycles. The van der Waals surface area contributed by atoms with Gasteiger partial charge in [-0.3, -0.25) is 4.79 Å². The standard InChI is InChI=1S/C19H22FN3O2/c20-14-7-1-2-8-16(14)23-15-9-5-6-13(15)17(22-23)18(24)21-12-19(25)10-3-4-11-19/h1-2,7-8,25H,3-6,9-12H2,(H,21,24). The molecule has 0 spiro atoms. The van der Waals surface area contributed by atoms with E-state index in [-0.39, 0.29) is 18.3 Å². The topological polar surface area (TPSA) is 67.2 Å². The van der Waals surface area contributed by atoms with Crippen LogP contribution < -0.4 is 5.32 Å². The number of carbonyl (C=O) groups excluding carboxylic acids is 1. The zero-order valence-electron chi connectivity index (χ0n) is 14.1. The highest BCUT2D eigenvalue weighted by molar-refractivity contribution is 5.94. The van der Waals surface area contributed by atoms with Gasteiger partial charge in [-0.25, -0.2) is 9.07 Å². The largest absolute Gasteiger partial charge is 0.388 e. The lowest BCUT2D eigenvalue weighted by Crippen LogP contribution is -2.41. The number of hydrogen-bond acceptors (Lipinski definition) is 3. The van der Waals surface area contributed by atoms with E-state index in [1.54, 1.807) is 22.9 Å². The van der Waals surface area contributed by atoms with Gasteiger partial charge >= 0.3 is 0 Å². The average Bonchev–Trinajstić information content (AvgIpc) is 3.30. The minimum Gasteiger partial charge on any atom is -0.388 e. The third kappa shape index (κ3) is 2.95. The number of benzene rings is 1. The summed E-state index contributed by atoms with van der Waals surface area (Å²) < 4.78 is 15.7. The van der Waals surface area contributed by atoms with E-state index < -0.39 is 5.60 Å². The van der Waals surface area contributed by atoms with Gasteiger partial charge in [-0.15, -0.1) is 0 Å². The highest BCUT2D eigenvalue weighted by atomic mass is 19.1. The maximum absolute atomic E-state index is 14.2. The number of aromatic nitrogens is 2. The molecule has 2 aliphatic rings. The fourth-order valence-electron chi connectivity index (χ4n) is 3.98. The summed E-state index contributed by atoms with van der Waals surface area (Å²) in [6, 6.07) is 6.47. The second kappa shape index (κ2) is 6.26. The van der Waals surface area contributed by atoms with Gasteiger partial charge in [0.1, 0.15) is 11.5 Å². The second-order valence-corrected chi connectivity index (χ2v) is 7.10. The van der Waals surface area contributed by atoms with Crippen molar-refractivity contribution in [3.05, 3.63) is 47.0 Å². The number of para-hydroxylation sites is 1. The number of aliphatic hydroxyl groups is 1. The molecule has 0 radical (unpaired) electrons. The van der Waals surface area contributed by atoms with Crippen molar-refractivity contribution in [2.45, 2.75) is 50.5 Å². The third-order valence-electron chi connectivity index (χ3n) is 5.34. The molecule has 1 fully saturated rings. The van der Waals surface area contributed by atoms with Gasteiger partial charge in [-0.2, -0.15) is 5.10 Å². The van der Waals surface area contributed by atoms with Crippen LogP contribution in [0, 0.1) is 5.82 Å².